The zero-order chi connectivity index (χ0) is 14.7. The van der Waals surface area contributed by atoms with Crippen molar-refractivity contribution in [3.63, 3.8) is 0 Å². The molecular weight excluding hydrogens is 260 g/mol. The highest BCUT2D eigenvalue weighted by Crippen LogP contribution is 2.24. The van der Waals surface area contributed by atoms with Crippen molar-refractivity contribution in [2.45, 2.75) is 32.4 Å². The molecule has 2 heterocycles. The Balaban J connectivity index is 2.07. The largest absolute Gasteiger partial charge is 0.480 e. The van der Waals surface area contributed by atoms with Crippen LogP contribution in [-0.2, 0) is 11.3 Å². The second-order valence-electron chi connectivity index (χ2n) is 5.34. The van der Waals surface area contributed by atoms with Crippen LogP contribution in [0.5, 0.6) is 0 Å². The van der Waals surface area contributed by atoms with Crippen molar-refractivity contribution in [2.24, 2.45) is 5.92 Å². The molecule has 1 aliphatic rings. The number of carbonyl (C=O) groups is 2. The summed E-state index contributed by atoms with van der Waals surface area (Å²) in [6.07, 6.45) is 5.05. The number of rotatable bonds is 3. The normalized spacial score (nSPS) is 22.6. The van der Waals surface area contributed by atoms with Gasteiger partial charge in [-0.25, -0.2) is 9.59 Å². The highest BCUT2D eigenvalue weighted by molar-refractivity contribution is 5.83. The topological polar surface area (TPSA) is 89.5 Å². The number of aliphatic carboxylic acids is 1. The lowest BCUT2D eigenvalue weighted by Crippen LogP contribution is -2.55. The third-order valence-corrected chi connectivity index (χ3v) is 3.73. The Kier molecular flexibility index (Phi) is 4.26. The van der Waals surface area contributed by atoms with Gasteiger partial charge in [0.25, 0.3) is 0 Å². The average molecular weight is 280 g/mol. The quantitative estimate of drug-likeness (QED) is 0.869. The first-order valence-electron chi connectivity index (χ1n) is 6.73. The molecular formula is C13H20N4O3. The van der Waals surface area contributed by atoms with Gasteiger partial charge in [-0.3, -0.25) is 5.10 Å². The maximum Gasteiger partial charge on any atom is 0.326 e. The van der Waals surface area contributed by atoms with E-state index in [-0.39, 0.29) is 11.9 Å². The van der Waals surface area contributed by atoms with Crippen molar-refractivity contribution in [3.05, 3.63) is 18.0 Å². The third-order valence-electron chi connectivity index (χ3n) is 3.73. The van der Waals surface area contributed by atoms with Crippen LogP contribution in [-0.4, -0.2) is 56.7 Å². The van der Waals surface area contributed by atoms with Gasteiger partial charge in [0.2, 0.25) is 0 Å². The molecule has 0 radical (unpaired) electrons. The van der Waals surface area contributed by atoms with Crippen LogP contribution in [0.1, 0.15) is 25.3 Å². The Morgan fingerprint density at radius 3 is 2.95 bits per heavy atom. The number of nitrogens with zero attached hydrogens (tertiary/aromatic N) is 3. The zero-order valence-corrected chi connectivity index (χ0v) is 11.7. The van der Waals surface area contributed by atoms with Crippen LogP contribution in [0.15, 0.2) is 12.4 Å². The van der Waals surface area contributed by atoms with Gasteiger partial charge in [0, 0.05) is 25.4 Å². The molecule has 1 aromatic heterocycles. The van der Waals surface area contributed by atoms with Crippen LogP contribution < -0.4 is 0 Å². The van der Waals surface area contributed by atoms with E-state index in [1.807, 2.05) is 6.92 Å². The van der Waals surface area contributed by atoms with Gasteiger partial charge in [-0.2, -0.15) is 5.10 Å². The first-order chi connectivity index (χ1) is 9.50. The summed E-state index contributed by atoms with van der Waals surface area (Å²) >= 11 is 0. The highest BCUT2D eigenvalue weighted by atomic mass is 16.4. The molecule has 7 heteroatoms. The fourth-order valence-corrected chi connectivity index (χ4v) is 2.70. The number of hydrogen-bond donors (Lipinski definition) is 2. The lowest BCUT2D eigenvalue weighted by molar-refractivity contribution is -0.145. The van der Waals surface area contributed by atoms with Crippen molar-refractivity contribution >= 4 is 12.0 Å². The number of nitrogens with one attached hydrogen (secondary N) is 1. The second kappa shape index (κ2) is 5.94. The number of carbonyl (C=O) groups excluding carboxylic acids is 1. The van der Waals surface area contributed by atoms with Crippen molar-refractivity contribution in [2.75, 3.05) is 13.6 Å². The minimum atomic E-state index is -0.928. The first kappa shape index (κ1) is 14.4. The molecule has 2 amide bonds. The smallest absolute Gasteiger partial charge is 0.326 e. The molecule has 1 saturated heterocycles. The maximum absolute atomic E-state index is 12.4. The van der Waals surface area contributed by atoms with Crippen molar-refractivity contribution in [3.8, 4) is 0 Å². The molecule has 1 fully saturated rings. The number of hydrogen-bond acceptors (Lipinski definition) is 3. The molecule has 110 valence electrons. The Morgan fingerprint density at radius 1 is 1.60 bits per heavy atom. The molecule has 2 unspecified atom stereocenters. The van der Waals surface area contributed by atoms with Gasteiger partial charge < -0.3 is 14.9 Å². The molecule has 1 aliphatic heterocycles. The van der Waals surface area contributed by atoms with Crippen LogP contribution in [0, 0.1) is 5.92 Å². The summed E-state index contributed by atoms with van der Waals surface area (Å²) in [5.74, 6) is -0.949. The molecule has 0 bridgehead atoms. The van der Waals surface area contributed by atoms with Gasteiger partial charge in [-0.1, -0.05) is 6.92 Å². The standard InChI is InChI=1S/C13H20N4O3/c1-9-4-3-5-17(11(9)12(18)19)13(20)16(2)8-10-6-14-15-7-10/h6-7,9,11H,3-5,8H2,1-2H3,(H,14,15)(H,18,19). The van der Waals surface area contributed by atoms with E-state index in [1.54, 1.807) is 19.4 Å². The summed E-state index contributed by atoms with van der Waals surface area (Å²) in [5.41, 5.74) is 0.887. The van der Waals surface area contributed by atoms with E-state index < -0.39 is 12.0 Å². The Bertz CT molecular complexity index is 474. The lowest BCUT2D eigenvalue weighted by atomic mass is 9.91. The summed E-state index contributed by atoms with van der Waals surface area (Å²) in [7, 11) is 1.67. The minimum Gasteiger partial charge on any atom is -0.480 e. The number of piperidine rings is 1. The van der Waals surface area contributed by atoms with Gasteiger partial charge in [0.1, 0.15) is 6.04 Å². The van der Waals surface area contributed by atoms with E-state index >= 15 is 0 Å². The van der Waals surface area contributed by atoms with E-state index in [0.29, 0.717) is 13.1 Å². The van der Waals surface area contributed by atoms with Gasteiger partial charge in [-0.05, 0) is 18.8 Å². The van der Waals surface area contributed by atoms with Gasteiger partial charge in [-0.15, -0.1) is 0 Å². The van der Waals surface area contributed by atoms with E-state index in [9.17, 15) is 14.7 Å². The average Bonchev–Trinajstić information content (AvgIpc) is 2.89. The lowest BCUT2D eigenvalue weighted by Gasteiger charge is -2.39. The van der Waals surface area contributed by atoms with E-state index in [1.165, 1.54) is 9.80 Å². The molecule has 20 heavy (non-hydrogen) atoms. The first-order valence-corrected chi connectivity index (χ1v) is 6.73. The Labute approximate surface area is 117 Å². The summed E-state index contributed by atoms with van der Waals surface area (Å²) < 4.78 is 0. The molecule has 2 rings (SSSR count). The number of carboxylic acid groups (broad SMARTS) is 1. The molecule has 0 aromatic carbocycles. The Hall–Kier alpha value is -2.05. The van der Waals surface area contributed by atoms with Gasteiger partial charge >= 0.3 is 12.0 Å². The Morgan fingerprint density at radius 2 is 2.35 bits per heavy atom. The molecule has 0 spiro atoms. The van der Waals surface area contributed by atoms with Crippen LogP contribution in [0.2, 0.25) is 0 Å². The predicted molar refractivity (Wildman–Crippen MR) is 72.0 cm³/mol. The number of amides is 2. The van der Waals surface area contributed by atoms with Crippen molar-refractivity contribution < 1.29 is 14.7 Å². The summed E-state index contributed by atoms with van der Waals surface area (Å²) in [4.78, 5) is 26.8. The second-order valence-corrected chi connectivity index (χ2v) is 5.34. The van der Waals surface area contributed by atoms with Gasteiger partial charge in [0.05, 0.1) is 12.7 Å². The van der Waals surface area contributed by atoms with E-state index in [0.717, 1.165) is 18.4 Å². The number of aromatic nitrogens is 2. The van der Waals surface area contributed by atoms with Crippen LogP contribution in [0.4, 0.5) is 4.79 Å². The summed E-state index contributed by atoms with van der Waals surface area (Å²) in [6, 6.07) is -0.979. The fraction of sp³-hybridized carbons (Fsp3) is 0.615. The van der Waals surface area contributed by atoms with Crippen LogP contribution in [0.3, 0.4) is 0 Å². The van der Waals surface area contributed by atoms with E-state index in [2.05, 4.69) is 10.2 Å². The SMILES string of the molecule is CC1CCCN(C(=O)N(C)Cc2cn[nH]c2)C1C(=O)O. The van der Waals surface area contributed by atoms with Crippen molar-refractivity contribution in [1.29, 1.82) is 0 Å². The predicted octanol–water partition coefficient (Wildman–Crippen LogP) is 1.15. The summed E-state index contributed by atoms with van der Waals surface area (Å²) in [6.45, 7) is 2.79. The number of aromatic amines is 1. The van der Waals surface area contributed by atoms with Crippen LogP contribution >= 0.6 is 0 Å². The number of carboxylic acids is 1. The number of urea groups is 1. The molecule has 1 aromatic rings. The molecule has 2 N–H and O–H groups in total. The zero-order valence-electron chi connectivity index (χ0n) is 11.7. The molecule has 0 saturated carbocycles. The van der Waals surface area contributed by atoms with Crippen LogP contribution in [0.25, 0.3) is 0 Å². The number of likely N-dealkylation sites (tertiary alicyclic amines) is 1. The molecule has 2 atom stereocenters. The maximum atomic E-state index is 12.4. The third kappa shape index (κ3) is 2.92. The molecule has 0 aliphatic carbocycles. The number of H-pyrrole nitrogens is 1. The summed E-state index contributed by atoms with van der Waals surface area (Å²) in [5, 5.41) is 15.9. The molecule has 7 nitrogen and oxygen atoms in total. The minimum absolute atomic E-state index is 0.0208. The highest BCUT2D eigenvalue weighted by Gasteiger charge is 2.38. The fourth-order valence-electron chi connectivity index (χ4n) is 2.70. The monoisotopic (exact) mass is 280 g/mol. The van der Waals surface area contributed by atoms with E-state index in [4.69, 9.17) is 0 Å². The van der Waals surface area contributed by atoms with Gasteiger partial charge in [0.15, 0.2) is 0 Å². The van der Waals surface area contributed by atoms with Crippen molar-refractivity contribution in [1.82, 2.24) is 20.0 Å².